The Hall–Kier alpha value is -2.66. The van der Waals surface area contributed by atoms with E-state index in [9.17, 15) is 9.59 Å². The summed E-state index contributed by atoms with van der Waals surface area (Å²) in [5.41, 5.74) is 2.44. The van der Waals surface area contributed by atoms with Crippen molar-refractivity contribution in [2.45, 2.75) is 63.3 Å². The van der Waals surface area contributed by atoms with Crippen molar-refractivity contribution in [2.24, 2.45) is 0 Å². The number of carbonyl (C=O) groups excluding carboxylic acids is 2. The molecule has 2 fully saturated rings. The van der Waals surface area contributed by atoms with Gasteiger partial charge < -0.3 is 14.7 Å². The Balaban J connectivity index is 1.42. The minimum Gasteiger partial charge on any atom is -0.342 e. The van der Waals surface area contributed by atoms with Crippen molar-refractivity contribution < 1.29 is 9.59 Å². The lowest BCUT2D eigenvalue weighted by atomic mass is 9.71. The molecule has 2 aromatic rings. The van der Waals surface area contributed by atoms with Gasteiger partial charge in [0.15, 0.2) is 0 Å². The average molecular weight is 476 g/mol. The van der Waals surface area contributed by atoms with Crippen molar-refractivity contribution in [3.8, 4) is 0 Å². The van der Waals surface area contributed by atoms with Crippen molar-refractivity contribution in [2.75, 3.05) is 39.8 Å². The number of carbonyl (C=O) groups is 2. The number of hydrogen-bond donors (Lipinski definition) is 0. The molecular weight excluding hydrogens is 434 g/mol. The van der Waals surface area contributed by atoms with Gasteiger partial charge in [-0.1, -0.05) is 60.7 Å². The molecule has 2 aliphatic heterocycles. The van der Waals surface area contributed by atoms with E-state index >= 15 is 0 Å². The minimum absolute atomic E-state index is 0.0452. The predicted octanol–water partition coefficient (Wildman–Crippen LogP) is 4.82. The zero-order valence-electron chi connectivity index (χ0n) is 21.7. The van der Waals surface area contributed by atoms with Crippen LogP contribution in [0.15, 0.2) is 60.7 Å². The van der Waals surface area contributed by atoms with Crippen LogP contribution in [0.5, 0.6) is 0 Å². The summed E-state index contributed by atoms with van der Waals surface area (Å²) >= 11 is 0. The molecule has 0 aliphatic carbocycles. The molecule has 188 valence electrons. The van der Waals surface area contributed by atoms with Gasteiger partial charge in [-0.2, -0.15) is 0 Å². The molecule has 2 heterocycles. The van der Waals surface area contributed by atoms with E-state index in [1.807, 2.05) is 22.9 Å². The minimum atomic E-state index is -0.222. The van der Waals surface area contributed by atoms with E-state index < -0.39 is 0 Å². The van der Waals surface area contributed by atoms with Gasteiger partial charge in [-0.15, -0.1) is 0 Å². The highest BCUT2D eigenvalue weighted by Crippen LogP contribution is 2.40. The van der Waals surface area contributed by atoms with Crippen molar-refractivity contribution in [1.29, 1.82) is 0 Å². The molecule has 0 N–H and O–H groups in total. The van der Waals surface area contributed by atoms with Crippen molar-refractivity contribution >= 4 is 11.8 Å². The van der Waals surface area contributed by atoms with Gasteiger partial charge in [-0.05, 0) is 56.2 Å². The van der Waals surface area contributed by atoms with Crippen molar-refractivity contribution in [1.82, 2.24) is 14.7 Å². The molecule has 0 aromatic heterocycles. The van der Waals surface area contributed by atoms with Crippen molar-refractivity contribution in [3.63, 3.8) is 0 Å². The van der Waals surface area contributed by atoms with E-state index in [0.717, 1.165) is 71.2 Å². The highest BCUT2D eigenvalue weighted by molar-refractivity contribution is 5.74. The molecule has 2 aromatic carbocycles. The molecule has 1 unspecified atom stereocenters. The van der Waals surface area contributed by atoms with Crippen molar-refractivity contribution in [3.05, 3.63) is 71.8 Å². The molecule has 2 aliphatic rings. The van der Waals surface area contributed by atoms with Crippen LogP contribution in [0.2, 0.25) is 0 Å². The largest absolute Gasteiger partial charge is 0.342 e. The van der Waals surface area contributed by atoms with Crippen LogP contribution in [0.25, 0.3) is 0 Å². The Labute approximate surface area is 211 Å². The molecule has 2 amide bonds. The van der Waals surface area contributed by atoms with Gasteiger partial charge in [0, 0.05) is 52.5 Å². The van der Waals surface area contributed by atoms with Crippen LogP contribution in [0, 0.1) is 0 Å². The zero-order valence-corrected chi connectivity index (χ0v) is 21.7. The molecule has 4 rings (SSSR count). The van der Waals surface area contributed by atoms with Crippen LogP contribution >= 0.6 is 0 Å². The van der Waals surface area contributed by atoms with Crippen LogP contribution in [-0.2, 0) is 20.5 Å². The fourth-order valence-electron chi connectivity index (χ4n) is 6.43. The Morgan fingerprint density at radius 1 is 0.857 bits per heavy atom. The smallest absolute Gasteiger partial charge is 0.219 e. The highest BCUT2D eigenvalue weighted by Gasteiger charge is 2.41. The molecule has 0 spiro atoms. The molecule has 2 saturated heterocycles. The Bertz CT molecular complexity index is 985. The number of benzene rings is 2. The molecule has 1 atom stereocenters. The van der Waals surface area contributed by atoms with E-state index in [1.54, 1.807) is 13.8 Å². The topological polar surface area (TPSA) is 43.9 Å². The maximum atomic E-state index is 12.4. The lowest BCUT2D eigenvalue weighted by molar-refractivity contribution is -0.136. The molecule has 0 saturated carbocycles. The SMILES string of the molecule is CC(=O)N1CCCC(CCCN2CCC(c3ccccc3)(N(C)C(C)=O)CC2)(c2ccccc2)C1. The third-order valence-electron chi connectivity index (χ3n) is 8.65. The quantitative estimate of drug-likeness (QED) is 0.577. The van der Waals surface area contributed by atoms with E-state index in [-0.39, 0.29) is 22.8 Å². The summed E-state index contributed by atoms with van der Waals surface area (Å²) in [6, 6.07) is 21.4. The third-order valence-corrected chi connectivity index (χ3v) is 8.65. The number of likely N-dealkylation sites (tertiary alicyclic amines) is 2. The maximum absolute atomic E-state index is 12.4. The summed E-state index contributed by atoms with van der Waals surface area (Å²) < 4.78 is 0. The van der Waals surface area contributed by atoms with E-state index in [0.29, 0.717) is 0 Å². The summed E-state index contributed by atoms with van der Waals surface area (Å²) in [6.07, 6.45) is 6.32. The number of amides is 2. The van der Waals surface area contributed by atoms with E-state index in [1.165, 1.54) is 11.1 Å². The molecule has 35 heavy (non-hydrogen) atoms. The summed E-state index contributed by atoms with van der Waals surface area (Å²) in [5.74, 6) is 0.312. The first-order chi connectivity index (χ1) is 16.9. The van der Waals surface area contributed by atoms with Crippen LogP contribution in [0.4, 0.5) is 0 Å². The Morgan fingerprint density at radius 2 is 1.46 bits per heavy atom. The molecule has 5 heteroatoms. The average Bonchev–Trinajstić information content (AvgIpc) is 2.90. The predicted molar refractivity (Wildman–Crippen MR) is 141 cm³/mol. The van der Waals surface area contributed by atoms with Gasteiger partial charge >= 0.3 is 0 Å². The Morgan fingerprint density at radius 3 is 2.03 bits per heavy atom. The fraction of sp³-hybridized carbons (Fsp3) is 0.533. The standard InChI is InChI=1S/C30H41N3O2/c1-25(34)31(3)30(28-14-8-5-9-15-28)18-22-32(23-19-30)20-10-16-29(27-12-6-4-7-13-27)17-11-21-33(24-29)26(2)35/h4-9,12-15H,10-11,16-24H2,1-3H3. The third kappa shape index (κ3) is 5.45. The summed E-state index contributed by atoms with van der Waals surface area (Å²) in [4.78, 5) is 31.2. The number of rotatable bonds is 7. The number of nitrogens with zero attached hydrogens (tertiary/aromatic N) is 3. The van der Waals surface area contributed by atoms with Gasteiger partial charge in [-0.25, -0.2) is 0 Å². The van der Waals surface area contributed by atoms with Crippen LogP contribution < -0.4 is 0 Å². The first-order valence-electron chi connectivity index (χ1n) is 13.2. The first-order valence-corrected chi connectivity index (χ1v) is 13.2. The first kappa shape index (κ1) is 25.4. The normalized spacial score (nSPS) is 22.5. The highest BCUT2D eigenvalue weighted by atomic mass is 16.2. The lowest BCUT2D eigenvalue weighted by Crippen LogP contribution is -2.53. The van der Waals surface area contributed by atoms with Gasteiger partial charge in [0.2, 0.25) is 11.8 Å². The summed E-state index contributed by atoms with van der Waals surface area (Å²) in [6.45, 7) is 8.12. The zero-order chi connectivity index (χ0) is 24.9. The lowest BCUT2D eigenvalue weighted by Gasteiger charge is -2.48. The molecule has 5 nitrogen and oxygen atoms in total. The van der Waals surface area contributed by atoms with Gasteiger partial charge in [-0.3, -0.25) is 9.59 Å². The number of piperidine rings is 2. The van der Waals surface area contributed by atoms with E-state index in [4.69, 9.17) is 0 Å². The van der Waals surface area contributed by atoms with Crippen LogP contribution in [0.3, 0.4) is 0 Å². The molecular formula is C30H41N3O2. The summed E-state index contributed by atoms with van der Waals surface area (Å²) in [7, 11) is 1.96. The maximum Gasteiger partial charge on any atom is 0.219 e. The Kier molecular flexibility index (Phi) is 7.95. The van der Waals surface area contributed by atoms with E-state index in [2.05, 4.69) is 59.5 Å². The molecule has 0 radical (unpaired) electrons. The number of hydrogen-bond acceptors (Lipinski definition) is 3. The monoisotopic (exact) mass is 475 g/mol. The summed E-state index contributed by atoms with van der Waals surface area (Å²) in [5, 5.41) is 0. The van der Waals surface area contributed by atoms with Gasteiger partial charge in [0.1, 0.15) is 0 Å². The van der Waals surface area contributed by atoms with Crippen LogP contribution in [0.1, 0.15) is 63.5 Å². The second kappa shape index (κ2) is 10.9. The second-order valence-electron chi connectivity index (χ2n) is 10.6. The fourth-order valence-corrected chi connectivity index (χ4v) is 6.43. The van der Waals surface area contributed by atoms with Gasteiger partial charge in [0.25, 0.3) is 0 Å². The molecule has 0 bridgehead atoms. The second-order valence-corrected chi connectivity index (χ2v) is 10.6. The van der Waals surface area contributed by atoms with Crippen LogP contribution in [-0.4, -0.2) is 66.3 Å². The van der Waals surface area contributed by atoms with Gasteiger partial charge in [0.05, 0.1) is 5.54 Å².